The minimum Gasteiger partial charge on any atom is -0.336 e. The standard InChI is InChI=1S/C17H26N2O/c1-17(2,3)18-12-11-16(20)19-13-7-10-15(19)14-8-5-4-6-9-14/h4-6,8-9,15,18H,7,10-13H2,1-3H3. The van der Waals surface area contributed by atoms with Gasteiger partial charge in [-0.15, -0.1) is 0 Å². The van der Waals surface area contributed by atoms with Gasteiger partial charge in [-0.2, -0.15) is 0 Å². The first kappa shape index (κ1) is 15.0. The summed E-state index contributed by atoms with van der Waals surface area (Å²) in [4.78, 5) is 14.5. The van der Waals surface area contributed by atoms with Crippen molar-refractivity contribution in [2.24, 2.45) is 0 Å². The lowest BCUT2D eigenvalue weighted by Gasteiger charge is -2.26. The molecule has 1 amide bonds. The smallest absolute Gasteiger partial charge is 0.224 e. The molecule has 0 saturated carbocycles. The van der Waals surface area contributed by atoms with Crippen LogP contribution in [0.2, 0.25) is 0 Å². The number of rotatable bonds is 4. The molecular formula is C17H26N2O. The molecule has 1 N–H and O–H groups in total. The number of nitrogens with zero attached hydrogens (tertiary/aromatic N) is 1. The normalized spacial score (nSPS) is 19.4. The first-order valence-corrected chi connectivity index (χ1v) is 7.57. The van der Waals surface area contributed by atoms with Crippen molar-refractivity contribution in [2.75, 3.05) is 13.1 Å². The van der Waals surface area contributed by atoms with Crippen LogP contribution in [0.25, 0.3) is 0 Å². The molecule has 20 heavy (non-hydrogen) atoms. The zero-order valence-electron chi connectivity index (χ0n) is 12.9. The van der Waals surface area contributed by atoms with E-state index >= 15 is 0 Å². The van der Waals surface area contributed by atoms with Gasteiger partial charge in [0.25, 0.3) is 0 Å². The lowest BCUT2D eigenvalue weighted by molar-refractivity contribution is -0.132. The van der Waals surface area contributed by atoms with Crippen molar-refractivity contribution in [1.29, 1.82) is 0 Å². The molecule has 3 heteroatoms. The minimum atomic E-state index is 0.0735. The maximum absolute atomic E-state index is 12.4. The number of likely N-dealkylation sites (tertiary alicyclic amines) is 1. The summed E-state index contributed by atoms with van der Waals surface area (Å²) in [6.07, 6.45) is 2.78. The van der Waals surface area contributed by atoms with E-state index in [-0.39, 0.29) is 17.5 Å². The Labute approximate surface area is 122 Å². The van der Waals surface area contributed by atoms with Crippen molar-refractivity contribution < 1.29 is 4.79 Å². The van der Waals surface area contributed by atoms with E-state index in [4.69, 9.17) is 0 Å². The summed E-state index contributed by atoms with van der Waals surface area (Å²) in [6, 6.07) is 10.7. The van der Waals surface area contributed by atoms with Crippen molar-refractivity contribution in [2.45, 2.75) is 51.6 Å². The quantitative estimate of drug-likeness (QED) is 0.915. The largest absolute Gasteiger partial charge is 0.336 e. The van der Waals surface area contributed by atoms with Crippen LogP contribution in [0, 0.1) is 0 Å². The first-order chi connectivity index (χ1) is 9.47. The Morgan fingerprint density at radius 3 is 2.65 bits per heavy atom. The van der Waals surface area contributed by atoms with Gasteiger partial charge in [0, 0.05) is 25.0 Å². The van der Waals surface area contributed by atoms with Crippen molar-refractivity contribution in [3.05, 3.63) is 35.9 Å². The molecule has 1 saturated heterocycles. The number of carbonyl (C=O) groups excluding carboxylic acids is 1. The van der Waals surface area contributed by atoms with Crippen LogP contribution < -0.4 is 5.32 Å². The number of amides is 1. The number of hydrogen-bond donors (Lipinski definition) is 1. The summed E-state index contributed by atoms with van der Waals surface area (Å²) >= 11 is 0. The Bertz CT molecular complexity index is 436. The molecule has 1 aromatic rings. The third-order valence-corrected chi connectivity index (χ3v) is 3.75. The van der Waals surface area contributed by atoms with Gasteiger partial charge in [-0.1, -0.05) is 30.3 Å². The Morgan fingerprint density at radius 2 is 2.00 bits per heavy atom. The van der Waals surface area contributed by atoms with Gasteiger partial charge in [0.1, 0.15) is 0 Å². The summed E-state index contributed by atoms with van der Waals surface area (Å²) in [5.41, 5.74) is 1.34. The molecule has 110 valence electrons. The highest BCUT2D eigenvalue weighted by molar-refractivity contribution is 5.77. The van der Waals surface area contributed by atoms with Crippen molar-refractivity contribution in [3.8, 4) is 0 Å². The Balaban J connectivity index is 1.92. The van der Waals surface area contributed by atoms with E-state index in [1.54, 1.807) is 0 Å². The Kier molecular flexibility index (Phi) is 4.81. The number of carbonyl (C=O) groups is 1. The fraction of sp³-hybridized carbons (Fsp3) is 0.588. The molecular weight excluding hydrogens is 248 g/mol. The highest BCUT2D eigenvalue weighted by atomic mass is 16.2. The SMILES string of the molecule is CC(C)(C)NCCC(=O)N1CCCC1c1ccccc1. The lowest BCUT2D eigenvalue weighted by atomic mass is 10.0. The van der Waals surface area contributed by atoms with Crippen LogP contribution in [0.1, 0.15) is 51.6 Å². The molecule has 1 atom stereocenters. The van der Waals surface area contributed by atoms with Gasteiger partial charge in [-0.25, -0.2) is 0 Å². The van der Waals surface area contributed by atoms with Crippen LogP contribution in [-0.4, -0.2) is 29.4 Å². The van der Waals surface area contributed by atoms with Gasteiger partial charge >= 0.3 is 0 Å². The van der Waals surface area contributed by atoms with Gasteiger partial charge < -0.3 is 10.2 Å². The minimum absolute atomic E-state index is 0.0735. The summed E-state index contributed by atoms with van der Waals surface area (Å²) in [7, 11) is 0. The van der Waals surface area contributed by atoms with E-state index in [9.17, 15) is 4.79 Å². The zero-order valence-corrected chi connectivity index (χ0v) is 12.9. The Morgan fingerprint density at radius 1 is 1.30 bits per heavy atom. The van der Waals surface area contributed by atoms with E-state index in [0.717, 1.165) is 25.9 Å². The number of hydrogen-bond acceptors (Lipinski definition) is 2. The second-order valence-electron chi connectivity index (χ2n) is 6.58. The fourth-order valence-electron chi connectivity index (χ4n) is 2.78. The predicted octanol–water partition coefficient (Wildman–Crippen LogP) is 3.13. The van der Waals surface area contributed by atoms with Crippen LogP contribution in [0.5, 0.6) is 0 Å². The zero-order chi connectivity index (χ0) is 14.6. The second kappa shape index (κ2) is 6.40. The van der Waals surface area contributed by atoms with Gasteiger partial charge in [-0.05, 0) is 39.2 Å². The van der Waals surface area contributed by atoms with Crippen LogP contribution in [0.4, 0.5) is 0 Å². The van der Waals surface area contributed by atoms with E-state index in [1.165, 1.54) is 5.56 Å². The molecule has 1 heterocycles. The van der Waals surface area contributed by atoms with Crippen molar-refractivity contribution >= 4 is 5.91 Å². The molecule has 3 nitrogen and oxygen atoms in total. The predicted molar refractivity (Wildman–Crippen MR) is 82.5 cm³/mol. The molecule has 0 aromatic heterocycles. The molecule has 2 rings (SSSR count). The van der Waals surface area contributed by atoms with Crippen LogP contribution >= 0.6 is 0 Å². The molecule has 0 radical (unpaired) electrons. The monoisotopic (exact) mass is 274 g/mol. The molecule has 1 aliphatic rings. The molecule has 1 fully saturated rings. The number of nitrogens with one attached hydrogen (secondary N) is 1. The van der Waals surface area contributed by atoms with Crippen LogP contribution in [0.3, 0.4) is 0 Å². The maximum atomic E-state index is 12.4. The van der Waals surface area contributed by atoms with E-state index in [1.807, 2.05) is 6.07 Å². The van der Waals surface area contributed by atoms with Crippen LogP contribution in [-0.2, 0) is 4.79 Å². The highest BCUT2D eigenvalue weighted by Gasteiger charge is 2.29. The van der Waals surface area contributed by atoms with E-state index in [2.05, 4.69) is 55.3 Å². The summed E-state index contributed by atoms with van der Waals surface area (Å²) < 4.78 is 0. The van der Waals surface area contributed by atoms with Crippen LogP contribution in [0.15, 0.2) is 30.3 Å². The van der Waals surface area contributed by atoms with Crippen molar-refractivity contribution in [3.63, 3.8) is 0 Å². The first-order valence-electron chi connectivity index (χ1n) is 7.57. The van der Waals surface area contributed by atoms with Gasteiger partial charge in [-0.3, -0.25) is 4.79 Å². The average Bonchev–Trinajstić information content (AvgIpc) is 2.87. The Hall–Kier alpha value is -1.35. The average molecular weight is 274 g/mol. The van der Waals surface area contributed by atoms with E-state index in [0.29, 0.717) is 6.42 Å². The summed E-state index contributed by atoms with van der Waals surface area (Å²) in [5.74, 6) is 0.271. The molecule has 0 aliphatic carbocycles. The molecule has 1 aliphatic heterocycles. The van der Waals surface area contributed by atoms with Crippen molar-refractivity contribution in [1.82, 2.24) is 10.2 Å². The van der Waals surface area contributed by atoms with E-state index < -0.39 is 0 Å². The second-order valence-corrected chi connectivity index (χ2v) is 6.58. The molecule has 0 bridgehead atoms. The topological polar surface area (TPSA) is 32.3 Å². The number of benzene rings is 1. The molecule has 1 unspecified atom stereocenters. The summed E-state index contributed by atoms with van der Waals surface area (Å²) in [5, 5.41) is 3.38. The van der Waals surface area contributed by atoms with Gasteiger partial charge in [0.15, 0.2) is 0 Å². The fourth-order valence-corrected chi connectivity index (χ4v) is 2.78. The summed E-state index contributed by atoms with van der Waals surface area (Å²) in [6.45, 7) is 8.02. The maximum Gasteiger partial charge on any atom is 0.224 e. The van der Waals surface area contributed by atoms with Gasteiger partial charge in [0.05, 0.1) is 6.04 Å². The molecule has 0 spiro atoms. The lowest BCUT2D eigenvalue weighted by Crippen LogP contribution is -2.39. The third kappa shape index (κ3) is 4.07. The highest BCUT2D eigenvalue weighted by Crippen LogP contribution is 2.32. The molecule has 1 aromatic carbocycles. The third-order valence-electron chi connectivity index (χ3n) is 3.75. The van der Waals surface area contributed by atoms with Gasteiger partial charge in [0.2, 0.25) is 5.91 Å².